The van der Waals surface area contributed by atoms with Crippen LogP contribution in [0.2, 0.25) is 5.02 Å². The molecule has 1 fully saturated rings. The molecule has 1 atom stereocenters. The number of halogens is 1. The highest BCUT2D eigenvalue weighted by Gasteiger charge is 2.23. The number of carboxylic acid groups (broad SMARTS) is 1. The summed E-state index contributed by atoms with van der Waals surface area (Å²) < 4.78 is 0. The second-order valence-corrected chi connectivity index (χ2v) is 5.48. The highest BCUT2D eigenvalue weighted by Crippen LogP contribution is 2.27. The molecule has 6 heteroatoms. The third-order valence-corrected chi connectivity index (χ3v) is 3.86. The van der Waals surface area contributed by atoms with Crippen LogP contribution < -0.4 is 4.90 Å². The first-order chi connectivity index (χ1) is 8.99. The summed E-state index contributed by atoms with van der Waals surface area (Å²) in [6, 6.07) is 1.42. The summed E-state index contributed by atoms with van der Waals surface area (Å²) in [5.41, 5.74) is 0.0991. The molecule has 0 spiro atoms. The summed E-state index contributed by atoms with van der Waals surface area (Å²) in [7, 11) is 4.01. The third-order valence-electron chi connectivity index (χ3n) is 3.48. The van der Waals surface area contributed by atoms with Gasteiger partial charge in [0.1, 0.15) is 5.82 Å². The first kappa shape index (κ1) is 14.1. The second kappa shape index (κ2) is 5.75. The number of nitrogens with zero attached hydrogens (tertiary/aromatic N) is 3. The van der Waals surface area contributed by atoms with E-state index < -0.39 is 5.97 Å². The standard InChI is InChI=1S/C13H18ClN3O2/c1-16-6-4-9(7-16)8-17(2)12-11(14)10(13(18)19)3-5-15-12/h3,5,9H,4,6-8H2,1-2H3,(H,18,19). The van der Waals surface area contributed by atoms with Crippen molar-refractivity contribution in [2.24, 2.45) is 5.92 Å². The number of hydrogen-bond acceptors (Lipinski definition) is 4. The van der Waals surface area contributed by atoms with E-state index in [9.17, 15) is 4.79 Å². The van der Waals surface area contributed by atoms with E-state index in [1.165, 1.54) is 12.3 Å². The molecule has 0 aromatic carbocycles. The zero-order chi connectivity index (χ0) is 14.0. The molecule has 1 saturated heterocycles. The lowest BCUT2D eigenvalue weighted by atomic mass is 10.1. The lowest BCUT2D eigenvalue weighted by molar-refractivity contribution is 0.0697. The van der Waals surface area contributed by atoms with E-state index in [2.05, 4.69) is 16.9 Å². The number of hydrogen-bond donors (Lipinski definition) is 1. The van der Waals surface area contributed by atoms with Crippen LogP contribution in [-0.4, -0.2) is 54.7 Å². The lowest BCUT2D eigenvalue weighted by Gasteiger charge is -2.23. The number of rotatable bonds is 4. The third kappa shape index (κ3) is 3.16. The molecule has 1 aromatic heterocycles. The number of aromatic nitrogens is 1. The van der Waals surface area contributed by atoms with Gasteiger partial charge in [-0.1, -0.05) is 11.6 Å². The van der Waals surface area contributed by atoms with Crippen LogP contribution in [-0.2, 0) is 0 Å². The summed E-state index contributed by atoms with van der Waals surface area (Å²) in [5, 5.41) is 9.27. The van der Waals surface area contributed by atoms with Crippen LogP contribution in [0.4, 0.5) is 5.82 Å². The minimum atomic E-state index is -1.03. The number of anilines is 1. The Morgan fingerprint density at radius 3 is 3.00 bits per heavy atom. The minimum Gasteiger partial charge on any atom is -0.478 e. The van der Waals surface area contributed by atoms with Crippen molar-refractivity contribution >= 4 is 23.4 Å². The molecule has 5 nitrogen and oxygen atoms in total. The fourth-order valence-corrected chi connectivity index (χ4v) is 2.85. The number of likely N-dealkylation sites (tertiary alicyclic amines) is 1. The normalized spacial score (nSPS) is 19.6. The van der Waals surface area contributed by atoms with Gasteiger partial charge in [0.15, 0.2) is 0 Å². The Bertz CT molecular complexity index is 481. The Hall–Kier alpha value is -1.33. The van der Waals surface area contributed by atoms with Crippen LogP contribution in [0.5, 0.6) is 0 Å². The quantitative estimate of drug-likeness (QED) is 0.913. The SMILES string of the molecule is CN1CCC(CN(C)c2nccc(C(=O)O)c2Cl)C1. The van der Waals surface area contributed by atoms with Gasteiger partial charge in [0, 0.05) is 26.3 Å². The number of aromatic carboxylic acids is 1. The molecule has 19 heavy (non-hydrogen) atoms. The van der Waals surface area contributed by atoms with Crippen LogP contribution in [0.1, 0.15) is 16.8 Å². The van der Waals surface area contributed by atoms with Crippen molar-refractivity contribution < 1.29 is 9.90 Å². The monoisotopic (exact) mass is 283 g/mol. The van der Waals surface area contributed by atoms with Gasteiger partial charge >= 0.3 is 5.97 Å². The van der Waals surface area contributed by atoms with E-state index in [0.29, 0.717) is 11.7 Å². The number of carbonyl (C=O) groups is 1. The molecule has 1 aliphatic rings. The maximum absolute atomic E-state index is 11.0. The summed E-state index contributed by atoms with van der Waals surface area (Å²) in [6.07, 6.45) is 2.64. The van der Waals surface area contributed by atoms with Crippen LogP contribution in [0.3, 0.4) is 0 Å². The first-order valence-corrected chi connectivity index (χ1v) is 6.64. The van der Waals surface area contributed by atoms with Crippen molar-refractivity contribution in [1.29, 1.82) is 0 Å². The fourth-order valence-electron chi connectivity index (χ4n) is 2.51. The van der Waals surface area contributed by atoms with Crippen molar-refractivity contribution in [2.45, 2.75) is 6.42 Å². The Labute approximate surface area is 117 Å². The van der Waals surface area contributed by atoms with Gasteiger partial charge in [-0.2, -0.15) is 0 Å². The Morgan fingerprint density at radius 2 is 2.42 bits per heavy atom. The zero-order valence-corrected chi connectivity index (χ0v) is 11.9. The highest BCUT2D eigenvalue weighted by molar-refractivity contribution is 6.35. The molecule has 0 aliphatic carbocycles. The first-order valence-electron chi connectivity index (χ1n) is 6.26. The smallest absolute Gasteiger partial charge is 0.337 e. The van der Waals surface area contributed by atoms with E-state index in [4.69, 9.17) is 16.7 Å². The predicted molar refractivity (Wildman–Crippen MR) is 75.1 cm³/mol. The van der Waals surface area contributed by atoms with Crippen LogP contribution in [0.25, 0.3) is 0 Å². The van der Waals surface area contributed by atoms with Gasteiger partial charge in [-0.3, -0.25) is 0 Å². The molecule has 2 rings (SSSR count). The van der Waals surface area contributed by atoms with Crippen molar-refractivity contribution in [3.63, 3.8) is 0 Å². The van der Waals surface area contributed by atoms with Crippen LogP contribution in [0, 0.1) is 5.92 Å². The van der Waals surface area contributed by atoms with E-state index in [1.54, 1.807) is 0 Å². The minimum absolute atomic E-state index is 0.0991. The average Bonchev–Trinajstić information content (AvgIpc) is 2.74. The average molecular weight is 284 g/mol. The fraction of sp³-hybridized carbons (Fsp3) is 0.538. The molecule has 2 heterocycles. The van der Waals surface area contributed by atoms with E-state index >= 15 is 0 Å². The van der Waals surface area contributed by atoms with Gasteiger partial charge < -0.3 is 14.9 Å². The molecule has 104 valence electrons. The molecule has 1 unspecified atom stereocenters. The predicted octanol–water partition coefficient (Wildman–Crippen LogP) is 1.82. The molecular weight excluding hydrogens is 266 g/mol. The van der Waals surface area contributed by atoms with Gasteiger partial charge in [0.05, 0.1) is 10.6 Å². The van der Waals surface area contributed by atoms with Crippen molar-refractivity contribution in [2.75, 3.05) is 38.6 Å². The lowest BCUT2D eigenvalue weighted by Crippen LogP contribution is -2.28. The Morgan fingerprint density at radius 1 is 1.68 bits per heavy atom. The topological polar surface area (TPSA) is 56.7 Å². The van der Waals surface area contributed by atoms with Gasteiger partial charge in [0.2, 0.25) is 0 Å². The Balaban J connectivity index is 2.13. The van der Waals surface area contributed by atoms with Crippen molar-refractivity contribution in [3.8, 4) is 0 Å². The highest BCUT2D eigenvalue weighted by atomic mass is 35.5. The molecule has 1 aromatic rings. The van der Waals surface area contributed by atoms with Gasteiger partial charge in [-0.15, -0.1) is 0 Å². The maximum atomic E-state index is 11.0. The second-order valence-electron chi connectivity index (χ2n) is 5.10. The zero-order valence-electron chi connectivity index (χ0n) is 11.1. The van der Waals surface area contributed by atoms with Crippen LogP contribution >= 0.6 is 11.6 Å². The van der Waals surface area contributed by atoms with E-state index in [0.717, 1.165) is 26.1 Å². The van der Waals surface area contributed by atoms with E-state index in [-0.39, 0.29) is 10.6 Å². The molecule has 0 bridgehead atoms. The molecular formula is C13H18ClN3O2. The molecule has 0 saturated carbocycles. The molecule has 1 aliphatic heterocycles. The number of carboxylic acids is 1. The van der Waals surface area contributed by atoms with Crippen molar-refractivity contribution in [1.82, 2.24) is 9.88 Å². The molecule has 1 N–H and O–H groups in total. The largest absolute Gasteiger partial charge is 0.478 e. The molecule has 0 radical (unpaired) electrons. The summed E-state index contributed by atoms with van der Waals surface area (Å²) in [5.74, 6) is 0.0834. The van der Waals surface area contributed by atoms with Gasteiger partial charge in [-0.25, -0.2) is 9.78 Å². The number of pyridine rings is 1. The van der Waals surface area contributed by atoms with Crippen molar-refractivity contribution in [3.05, 3.63) is 22.8 Å². The van der Waals surface area contributed by atoms with E-state index in [1.807, 2.05) is 11.9 Å². The molecule has 0 amide bonds. The summed E-state index contributed by atoms with van der Waals surface area (Å²) >= 11 is 6.12. The maximum Gasteiger partial charge on any atom is 0.337 e. The summed E-state index contributed by atoms with van der Waals surface area (Å²) in [4.78, 5) is 19.5. The van der Waals surface area contributed by atoms with Crippen LogP contribution in [0.15, 0.2) is 12.3 Å². The Kier molecular flexibility index (Phi) is 4.27. The van der Waals surface area contributed by atoms with Gasteiger partial charge in [-0.05, 0) is 32.0 Å². The summed E-state index contributed by atoms with van der Waals surface area (Å²) in [6.45, 7) is 3.00. The van der Waals surface area contributed by atoms with Gasteiger partial charge in [0.25, 0.3) is 0 Å².